The van der Waals surface area contributed by atoms with Crippen LogP contribution in [0.5, 0.6) is 0 Å². The monoisotopic (exact) mass is 334 g/mol. The molecule has 24 heavy (non-hydrogen) atoms. The van der Waals surface area contributed by atoms with Crippen molar-refractivity contribution in [1.82, 2.24) is 10.2 Å². The number of unbranched alkanes of at least 4 members (excludes halogenated alkanes) is 1. The van der Waals surface area contributed by atoms with Crippen LogP contribution < -0.4 is 5.32 Å². The van der Waals surface area contributed by atoms with Crippen LogP contribution in [0.4, 0.5) is 9.18 Å². The molecule has 3 amide bonds. The third-order valence-corrected chi connectivity index (χ3v) is 4.83. The lowest BCUT2D eigenvalue weighted by Gasteiger charge is -2.27. The largest absolute Gasteiger partial charge is 0.376 e. The van der Waals surface area contributed by atoms with Crippen LogP contribution in [0.1, 0.15) is 44.6 Å². The van der Waals surface area contributed by atoms with Gasteiger partial charge in [0.15, 0.2) is 0 Å². The van der Waals surface area contributed by atoms with E-state index in [1.807, 2.05) is 6.92 Å². The zero-order valence-corrected chi connectivity index (χ0v) is 13.9. The Labute approximate surface area is 141 Å². The van der Waals surface area contributed by atoms with Gasteiger partial charge in [0.2, 0.25) is 0 Å². The Bertz CT molecular complexity index is 613. The quantitative estimate of drug-likeness (QED) is 0.814. The van der Waals surface area contributed by atoms with Crippen molar-refractivity contribution in [3.8, 4) is 0 Å². The Morgan fingerprint density at radius 1 is 1.33 bits per heavy atom. The number of ether oxygens (including phenoxy) is 1. The van der Waals surface area contributed by atoms with E-state index >= 15 is 0 Å². The molecule has 0 radical (unpaired) electrons. The molecule has 0 aromatic heterocycles. The van der Waals surface area contributed by atoms with Gasteiger partial charge in [-0.05, 0) is 37.0 Å². The van der Waals surface area contributed by atoms with Gasteiger partial charge in [-0.1, -0.05) is 31.9 Å². The smallest absolute Gasteiger partial charge is 0.325 e. The SMILES string of the molecule is CCCC[C@]1(c2ccc(F)cc2)NC(=O)N(C[C@@H]2CCCO2)C1=O. The van der Waals surface area contributed by atoms with E-state index in [1.165, 1.54) is 17.0 Å². The fourth-order valence-corrected chi connectivity index (χ4v) is 3.47. The second-order valence-corrected chi connectivity index (χ2v) is 6.50. The fourth-order valence-electron chi connectivity index (χ4n) is 3.47. The molecule has 0 bridgehead atoms. The van der Waals surface area contributed by atoms with Gasteiger partial charge in [0, 0.05) is 6.61 Å². The number of amides is 3. The molecule has 6 heteroatoms. The number of hydrogen-bond acceptors (Lipinski definition) is 3. The van der Waals surface area contributed by atoms with E-state index in [0.717, 1.165) is 25.7 Å². The lowest BCUT2D eigenvalue weighted by atomic mass is 9.84. The standard InChI is InChI=1S/C18H23FN2O3/c1-2-3-10-18(13-6-8-14(19)9-7-13)16(22)21(17(23)20-18)12-15-5-4-11-24-15/h6-9,15H,2-5,10-12H2,1H3,(H,20,23)/t15-,18+/m0/s1. The number of carbonyl (C=O) groups is 2. The van der Waals surface area contributed by atoms with Crippen molar-refractivity contribution in [3.05, 3.63) is 35.6 Å². The number of benzene rings is 1. The third-order valence-electron chi connectivity index (χ3n) is 4.83. The normalized spacial score (nSPS) is 26.9. The van der Waals surface area contributed by atoms with Gasteiger partial charge in [-0.25, -0.2) is 9.18 Å². The van der Waals surface area contributed by atoms with Crippen LogP contribution in [0.3, 0.4) is 0 Å². The van der Waals surface area contributed by atoms with Crippen LogP contribution in [0.15, 0.2) is 24.3 Å². The Balaban J connectivity index is 1.89. The second-order valence-electron chi connectivity index (χ2n) is 6.50. The van der Waals surface area contributed by atoms with Crippen molar-refractivity contribution >= 4 is 11.9 Å². The molecule has 1 N–H and O–H groups in total. The number of carbonyl (C=O) groups excluding carboxylic acids is 2. The Kier molecular flexibility index (Phi) is 4.85. The topological polar surface area (TPSA) is 58.6 Å². The molecular weight excluding hydrogens is 311 g/mol. The van der Waals surface area contributed by atoms with E-state index in [9.17, 15) is 14.0 Å². The summed E-state index contributed by atoms with van der Waals surface area (Å²) in [6.07, 6.45) is 3.91. The number of rotatable bonds is 6. The molecule has 2 aliphatic heterocycles. The summed E-state index contributed by atoms with van der Waals surface area (Å²) >= 11 is 0. The molecule has 0 saturated carbocycles. The van der Waals surface area contributed by atoms with Gasteiger partial charge in [0.1, 0.15) is 11.4 Å². The number of nitrogens with one attached hydrogen (secondary N) is 1. The summed E-state index contributed by atoms with van der Waals surface area (Å²) in [5.41, 5.74) is -0.468. The summed E-state index contributed by atoms with van der Waals surface area (Å²) in [6, 6.07) is 5.42. The van der Waals surface area contributed by atoms with Crippen molar-refractivity contribution in [1.29, 1.82) is 0 Å². The predicted octanol–water partition coefficient (Wildman–Crippen LogP) is 2.94. The highest BCUT2D eigenvalue weighted by molar-refractivity contribution is 6.07. The molecule has 2 atom stereocenters. The molecule has 1 aromatic carbocycles. The van der Waals surface area contributed by atoms with Crippen LogP contribution in [0, 0.1) is 5.82 Å². The summed E-state index contributed by atoms with van der Waals surface area (Å²) in [5.74, 6) is -0.625. The second kappa shape index (κ2) is 6.89. The maximum atomic E-state index is 13.3. The summed E-state index contributed by atoms with van der Waals surface area (Å²) in [7, 11) is 0. The predicted molar refractivity (Wildman–Crippen MR) is 86.8 cm³/mol. The molecular formula is C18H23FN2O3. The van der Waals surface area contributed by atoms with Crippen LogP contribution >= 0.6 is 0 Å². The number of nitrogens with zero attached hydrogens (tertiary/aromatic N) is 1. The minimum Gasteiger partial charge on any atom is -0.376 e. The molecule has 1 aromatic rings. The molecule has 2 fully saturated rings. The Morgan fingerprint density at radius 3 is 2.71 bits per heavy atom. The van der Waals surface area contributed by atoms with Crippen molar-refractivity contribution in [3.63, 3.8) is 0 Å². The highest BCUT2D eigenvalue weighted by Gasteiger charge is 2.52. The summed E-state index contributed by atoms with van der Waals surface area (Å²) in [4.78, 5) is 26.8. The van der Waals surface area contributed by atoms with Crippen molar-refractivity contribution in [2.45, 2.75) is 50.7 Å². The third kappa shape index (κ3) is 3.02. The fraction of sp³-hybridized carbons (Fsp3) is 0.556. The highest BCUT2D eigenvalue weighted by Crippen LogP contribution is 2.35. The lowest BCUT2D eigenvalue weighted by Crippen LogP contribution is -2.44. The highest BCUT2D eigenvalue weighted by atomic mass is 19.1. The van der Waals surface area contributed by atoms with Crippen molar-refractivity contribution in [2.75, 3.05) is 13.2 Å². The number of hydrogen-bond donors (Lipinski definition) is 1. The minimum absolute atomic E-state index is 0.0881. The number of urea groups is 1. The van der Waals surface area contributed by atoms with E-state index in [2.05, 4.69) is 5.32 Å². The van der Waals surface area contributed by atoms with Crippen LogP contribution in [0.25, 0.3) is 0 Å². The average Bonchev–Trinajstić information content (AvgIpc) is 3.17. The first kappa shape index (κ1) is 16.9. The average molecular weight is 334 g/mol. The minimum atomic E-state index is -1.10. The van der Waals surface area contributed by atoms with Gasteiger partial charge in [-0.15, -0.1) is 0 Å². The van der Waals surface area contributed by atoms with Gasteiger partial charge in [-0.2, -0.15) is 0 Å². The molecule has 2 saturated heterocycles. The van der Waals surface area contributed by atoms with E-state index in [4.69, 9.17) is 4.74 Å². The molecule has 0 aliphatic carbocycles. The van der Waals surface area contributed by atoms with E-state index in [-0.39, 0.29) is 24.4 Å². The molecule has 0 unspecified atom stereocenters. The molecule has 2 aliphatic rings. The van der Waals surface area contributed by atoms with Crippen LogP contribution in [0.2, 0.25) is 0 Å². The van der Waals surface area contributed by atoms with E-state index in [1.54, 1.807) is 12.1 Å². The van der Waals surface area contributed by atoms with Crippen LogP contribution in [-0.4, -0.2) is 36.1 Å². The van der Waals surface area contributed by atoms with Gasteiger partial charge < -0.3 is 10.1 Å². The van der Waals surface area contributed by atoms with Crippen molar-refractivity contribution < 1.29 is 18.7 Å². The van der Waals surface area contributed by atoms with Gasteiger partial charge >= 0.3 is 6.03 Å². The van der Waals surface area contributed by atoms with Crippen LogP contribution in [-0.2, 0) is 15.1 Å². The Hall–Kier alpha value is -1.95. The molecule has 2 heterocycles. The van der Waals surface area contributed by atoms with Gasteiger partial charge in [0.25, 0.3) is 5.91 Å². The van der Waals surface area contributed by atoms with Gasteiger partial charge in [0.05, 0.1) is 12.6 Å². The summed E-state index contributed by atoms with van der Waals surface area (Å²) < 4.78 is 18.8. The number of halogens is 1. The van der Waals surface area contributed by atoms with Crippen molar-refractivity contribution in [2.24, 2.45) is 0 Å². The Morgan fingerprint density at radius 2 is 2.08 bits per heavy atom. The summed E-state index contributed by atoms with van der Waals surface area (Å²) in [5, 5.41) is 2.87. The molecule has 3 rings (SSSR count). The van der Waals surface area contributed by atoms with E-state index < -0.39 is 11.6 Å². The maximum absolute atomic E-state index is 13.3. The molecule has 0 spiro atoms. The van der Waals surface area contributed by atoms with Gasteiger partial charge in [-0.3, -0.25) is 9.69 Å². The first-order valence-electron chi connectivity index (χ1n) is 8.58. The molecule has 130 valence electrons. The lowest BCUT2D eigenvalue weighted by molar-refractivity contribution is -0.133. The number of imide groups is 1. The zero-order valence-electron chi connectivity index (χ0n) is 13.9. The maximum Gasteiger partial charge on any atom is 0.325 e. The first-order chi connectivity index (χ1) is 11.6. The summed E-state index contributed by atoms with van der Waals surface area (Å²) in [6.45, 7) is 2.98. The van der Waals surface area contributed by atoms with E-state index in [0.29, 0.717) is 18.6 Å². The first-order valence-corrected chi connectivity index (χ1v) is 8.58. The zero-order chi connectivity index (χ0) is 17.2. The molecule has 5 nitrogen and oxygen atoms in total.